The van der Waals surface area contributed by atoms with Gasteiger partial charge < -0.3 is 19.9 Å². The first-order valence-corrected chi connectivity index (χ1v) is 10.5. The summed E-state index contributed by atoms with van der Waals surface area (Å²) in [6, 6.07) is 0. The molecular weight excluding hydrogens is 475 g/mol. The number of guanidine groups is 1. The number of nitrogens with one attached hydrogen (secondary N) is 1. The number of piperazine rings is 1. The average molecular weight is 508 g/mol. The van der Waals surface area contributed by atoms with Crippen molar-refractivity contribution in [1.82, 2.24) is 19.6 Å². The number of halogens is 1. The third-order valence-electron chi connectivity index (χ3n) is 5.71. The van der Waals surface area contributed by atoms with Crippen LogP contribution in [0, 0.1) is 5.41 Å². The fraction of sp³-hybridized carbons (Fsp3) is 0.833. The first kappa shape index (κ1) is 22.6. The van der Waals surface area contributed by atoms with Crippen molar-refractivity contribution >= 4 is 46.6 Å². The van der Waals surface area contributed by atoms with Gasteiger partial charge in [-0.3, -0.25) is 4.99 Å². The van der Waals surface area contributed by atoms with Crippen LogP contribution in [-0.4, -0.2) is 73.7 Å². The Bertz CT molecular complexity index is 598. The van der Waals surface area contributed by atoms with Crippen molar-refractivity contribution in [1.29, 1.82) is 0 Å². The molecule has 9 heteroatoms. The Morgan fingerprint density at radius 2 is 2.04 bits per heavy atom. The maximum Gasteiger partial charge on any atom is 0.205 e. The van der Waals surface area contributed by atoms with Gasteiger partial charge in [-0.25, -0.2) is 4.98 Å². The monoisotopic (exact) mass is 508 g/mol. The van der Waals surface area contributed by atoms with E-state index in [1.165, 1.54) is 30.8 Å². The SMILES string of the molecule is CCc1nsc(N2CCN(C(=NC)NCC3(CCOC)CCC3)CC2)n1.I. The molecule has 154 valence electrons. The summed E-state index contributed by atoms with van der Waals surface area (Å²) in [6.07, 6.45) is 5.97. The number of nitrogens with zero attached hydrogens (tertiary/aromatic N) is 5. The molecule has 2 aliphatic rings. The maximum absolute atomic E-state index is 5.30. The quantitative estimate of drug-likeness (QED) is 0.347. The summed E-state index contributed by atoms with van der Waals surface area (Å²) in [6.45, 7) is 7.81. The molecule has 3 rings (SSSR count). The molecular formula is C18H33IN6OS. The molecule has 7 nitrogen and oxygen atoms in total. The smallest absolute Gasteiger partial charge is 0.205 e. The molecule has 1 aromatic rings. The molecule has 0 aromatic carbocycles. The molecule has 0 spiro atoms. The molecule has 1 saturated carbocycles. The zero-order chi connectivity index (χ0) is 18.4. The second-order valence-electron chi connectivity index (χ2n) is 7.32. The Labute approximate surface area is 184 Å². The first-order valence-electron chi connectivity index (χ1n) is 9.72. The van der Waals surface area contributed by atoms with Crippen LogP contribution >= 0.6 is 35.5 Å². The summed E-state index contributed by atoms with van der Waals surface area (Å²) >= 11 is 1.52. The molecule has 1 saturated heterocycles. The molecule has 2 fully saturated rings. The van der Waals surface area contributed by atoms with E-state index in [1.807, 2.05) is 7.05 Å². The molecule has 0 atom stereocenters. The Morgan fingerprint density at radius 3 is 2.56 bits per heavy atom. The van der Waals surface area contributed by atoms with Gasteiger partial charge in [-0.1, -0.05) is 13.3 Å². The van der Waals surface area contributed by atoms with E-state index in [4.69, 9.17) is 4.74 Å². The Hall–Kier alpha value is -0.680. The zero-order valence-corrected chi connectivity index (χ0v) is 19.9. The Morgan fingerprint density at radius 1 is 1.30 bits per heavy atom. The van der Waals surface area contributed by atoms with Crippen molar-refractivity contribution in [2.75, 3.05) is 58.4 Å². The summed E-state index contributed by atoms with van der Waals surface area (Å²) in [5, 5.41) is 4.69. The minimum absolute atomic E-state index is 0. The summed E-state index contributed by atoms with van der Waals surface area (Å²) < 4.78 is 9.71. The number of methoxy groups -OCH3 is 1. The van der Waals surface area contributed by atoms with Crippen LogP contribution < -0.4 is 10.2 Å². The first-order chi connectivity index (χ1) is 12.7. The second kappa shape index (κ2) is 10.8. The van der Waals surface area contributed by atoms with Gasteiger partial charge in [0, 0.05) is 71.4 Å². The van der Waals surface area contributed by atoms with Gasteiger partial charge in [-0.2, -0.15) is 4.37 Å². The van der Waals surface area contributed by atoms with Crippen molar-refractivity contribution in [2.45, 2.75) is 39.0 Å². The van der Waals surface area contributed by atoms with Crippen molar-refractivity contribution in [3.05, 3.63) is 5.82 Å². The molecule has 0 unspecified atom stereocenters. The van der Waals surface area contributed by atoms with Crippen LogP contribution in [0.15, 0.2) is 4.99 Å². The Balaban J connectivity index is 0.00000261. The number of hydrogen-bond donors (Lipinski definition) is 1. The molecule has 0 radical (unpaired) electrons. The number of ether oxygens (including phenoxy) is 1. The third-order valence-corrected chi connectivity index (χ3v) is 6.52. The van der Waals surface area contributed by atoms with Gasteiger partial charge in [0.25, 0.3) is 0 Å². The number of rotatable bonds is 7. The lowest BCUT2D eigenvalue weighted by Gasteiger charge is -2.43. The maximum atomic E-state index is 5.30. The predicted molar refractivity (Wildman–Crippen MR) is 123 cm³/mol. The third kappa shape index (κ3) is 5.66. The minimum atomic E-state index is 0. The summed E-state index contributed by atoms with van der Waals surface area (Å²) in [5.41, 5.74) is 0.400. The average Bonchev–Trinajstić information content (AvgIpc) is 3.13. The van der Waals surface area contributed by atoms with E-state index in [0.717, 1.165) is 69.1 Å². The van der Waals surface area contributed by atoms with E-state index in [0.29, 0.717) is 5.41 Å². The molecule has 1 N–H and O–H groups in total. The number of anilines is 1. The molecule has 0 amide bonds. The van der Waals surface area contributed by atoms with E-state index in [-0.39, 0.29) is 24.0 Å². The highest BCUT2D eigenvalue weighted by Crippen LogP contribution is 2.43. The standard InChI is InChI=1S/C18H32N6OS.HI/c1-4-15-21-17(26-22-15)24-11-9-23(10-12-24)16(19-2)20-14-18(6-5-7-18)8-13-25-3;/h4-14H2,1-3H3,(H,19,20);1H. The molecule has 1 aliphatic carbocycles. The largest absolute Gasteiger partial charge is 0.385 e. The van der Waals surface area contributed by atoms with Gasteiger partial charge in [-0.15, -0.1) is 24.0 Å². The number of aromatic nitrogens is 2. The summed E-state index contributed by atoms with van der Waals surface area (Å²) in [5.74, 6) is 1.98. The van der Waals surface area contributed by atoms with Crippen LogP contribution in [0.25, 0.3) is 0 Å². The van der Waals surface area contributed by atoms with Crippen LogP contribution in [-0.2, 0) is 11.2 Å². The van der Waals surface area contributed by atoms with Crippen LogP contribution in [0.3, 0.4) is 0 Å². The van der Waals surface area contributed by atoms with Gasteiger partial charge in [0.15, 0.2) is 5.96 Å². The Kier molecular flexibility index (Phi) is 9.00. The lowest BCUT2D eigenvalue weighted by molar-refractivity contribution is 0.0726. The lowest BCUT2D eigenvalue weighted by Crippen LogP contribution is -2.54. The van der Waals surface area contributed by atoms with Crippen molar-refractivity contribution in [3.8, 4) is 0 Å². The van der Waals surface area contributed by atoms with Gasteiger partial charge >= 0.3 is 0 Å². The van der Waals surface area contributed by atoms with Gasteiger partial charge in [0.2, 0.25) is 5.13 Å². The zero-order valence-electron chi connectivity index (χ0n) is 16.7. The highest BCUT2D eigenvalue weighted by Gasteiger charge is 2.37. The van der Waals surface area contributed by atoms with Crippen molar-refractivity contribution in [2.24, 2.45) is 10.4 Å². The predicted octanol–water partition coefficient (Wildman–Crippen LogP) is 2.62. The van der Waals surface area contributed by atoms with Crippen LogP contribution in [0.5, 0.6) is 0 Å². The second-order valence-corrected chi connectivity index (χ2v) is 8.05. The normalized spacial score (nSPS) is 19.4. The van der Waals surface area contributed by atoms with E-state index >= 15 is 0 Å². The van der Waals surface area contributed by atoms with E-state index in [9.17, 15) is 0 Å². The fourth-order valence-corrected chi connectivity index (χ4v) is 4.54. The van der Waals surface area contributed by atoms with E-state index in [2.05, 4.69) is 36.4 Å². The van der Waals surface area contributed by atoms with E-state index in [1.54, 1.807) is 7.11 Å². The van der Waals surface area contributed by atoms with Crippen LogP contribution in [0.2, 0.25) is 0 Å². The van der Waals surface area contributed by atoms with E-state index < -0.39 is 0 Å². The number of hydrogen-bond acceptors (Lipinski definition) is 6. The minimum Gasteiger partial charge on any atom is -0.385 e. The summed E-state index contributed by atoms with van der Waals surface area (Å²) in [7, 11) is 3.68. The van der Waals surface area contributed by atoms with Crippen LogP contribution in [0.1, 0.15) is 38.4 Å². The highest BCUT2D eigenvalue weighted by atomic mass is 127. The topological polar surface area (TPSA) is 65.9 Å². The molecule has 0 bridgehead atoms. The molecule has 1 aromatic heterocycles. The number of aryl methyl sites for hydroxylation is 1. The highest BCUT2D eigenvalue weighted by molar-refractivity contribution is 14.0. The fourth-order valence-electron chi connectivity index (χ4n) is 3.74. The summed E-state index contributed by atoms with van der Waals surface area (Å²) in [4.78, 5) is 13.8. The van der Waals surface area contributed by atoms with Crippen molar-refractivity contribution < 1.29 is 4.74 Å². The van der Waals surface area contributed by atoms with Gasteiger partial charge in [0.1, 0.15) is 5.82 Å². The van der Waals surface area contributed by atoms with Crippen LogP contribution in [0.4, 0.5) is 5.13 Å². The van der Waals surface area contributed by atoms with Gasteiger partial charge in [-0.05, 0) is 24.7 Å². The molecule has 2 heterocycles. The molecule has 1 aliphatic heterocycles. The number of aliphatic imine (C=N–C) groups is 1. The van der Waals surface area contributed by atoms with Crippen molar-refractivity contribution in [3.63, 3.8) is 0 Å². The molecule has 27 heavy (non-hydrogen) atoms. The van der Waals surface area contributed by atoms with Gasteiger partial charge in [0.05, 0.1) is 0 Å². The lowest BCUT2D eigenvalue weighted by atomic mass is 9.67.